The van der Waals surface area contributed by atoms with Crippen LogP contribution >= 0.6 is 23.4 Å². The number of amides is 1. The van der Waals surface area contributed by atoms with E-state index >= 15 is 0 Å². The molecule has 0 saturated heterocycles. The molecule has 9 heteroatoms. The Bertz CT molecular complexity index is 1260. The normalized spacial score (nSPS) is 10.8. The summed E-state index contributed by atoms with van der Waals surface area (Å²) >= 11 is 7.29. The third-order valence-electron chi connectivity index (χ3n) is 4.51. The molecule has 0 bridgehead atoms. The molecule has 32 heavy (non-hydrogen) atoms. The predicted molar refractivity (Wildman–Crippen MR) is 125 cm³/mol. The zero-order valence-corrected chi connectivity index (χ0v) is 18.7. The Balaban J connectivity index is 1.42. The number of thioether (sulfide) groups is 1. The number of hydrogen-bond donors (Lipinski definition) is 1. The number of fused-ring (bicyclic) bond motifs is 1. The van der Waals surface area contributed by atoms with Gasteiger partial charge in [-0.1, -0.05) is 35.5 Å². The van der Waals surface area contributed by atoms with Gasteiger partial charge < -0.3 is 10.1 Å². The number of carbonyl (C=O) groups excluding carboxylic acids is 2. The number of halogens is 1. The molecule has 4 aromatic rings. The van der Waals surface area contributed by atoms with Gasteiger partial charge in [0, 0.05) is 28.7 Å². The molecule has 2 heterocycles. The highest BCUT2D eigenvalue weighted by molar-refractivity contribution is 8.00. The molecule has 7 nitrogen and oxygen atoms in total. The molecule has 0 aliphatic carbocycles. The molecule has 2 aromatic carbocycles. The van der Waals surface area contributed by atoms with Gasteiger partial charge in [0.2, 0.25) is 5.91 Å². The Morgan fingerprint density at radius 1 is 1.12 bits per heavy atom. The third kappa shape index (κ3) is 5.09. The van der Waals surface area contributed by atoms with Crippen LogP contribution in [0.5, 0.6) is 0 Å². The number of ether oxygens (including phenoxy) is 1. The molecule has 162 valence electrons. The van der Waals surface area contributed by atoms with Gasteiger partial charge in [0.1, 0.15) is 5.03 Å². The van der Waals surface area contributed by atoms with Crippen molar-refractivity contribution >= 4 is 46.4 Å². The van der Waals surface area contributed by atoms with Crippen LogP contribution in [0.2, 0.25) is 5.02 Å². The van der Waals surface area contributed by atoms with E-state index < -0.39 is 0 Å². The maximum Gasteiger partial charge on any atom is 0.338 e. The van der Waals surface area contributed by atoms with Crippen LogP contribution < -0.4 is 5.32 Å². The molecular formula is C23H19ClN4O3S. The zero-order valence-electron chi connectivity index (χ0n) is 17.1. The Kier molecular flexibility index (Phi) is 6.72. The van der Waals surface area contributed by atoms with Crippen molar-refractivity contribution in [1.82, 2.24) is 14.6 Å². The Hall–Kier alpha value is -3.36. The first-order valence-corrected chi connectivity index (χ1v) is 11.2. The lowest BCUT2D eigenvalue weighted by Crippen LogP contribution is -2.14. The quantitative estimate of drug-likeness (QED) is 0.306. The van der Waals surface area contributed by atoms with Crippen LogP contribution in [0.1, 0.15) is 17.3 Å². The minimum absolute atomic E-state index is 0.174. The van der Waals surface area contributed by atoms with Gasteiger partial charge in [-0.25, -0.2) is 14.3 Å². The molecule has 2 aromatic heterocycles. The maximum absolute atomic E-state index is 12.4. The topological polar surface area (TPSA) is 85.6 Å². The minimum Gasteiger partial charge on any atom is -0.462 e. The summed E-state index contributed by atoms with van der Waals surface area (Å²) in [7, 11) is 0. The van der Waals surface area contributed by atoms with Gasteiger partial charge in [-0.15, -0.1) is 0 Å². The van der Waals surface area contributed by atoms with Gasteiger partial charge in [-0.05, 0) is 49.4 Å². The number of nitrogens with zero attached hydrogens (tertiary/aromatic N) is 3. The Labute approximate surface area is 193 Å². The highest BCUT2D eigenvalue weighted by Gasteiger charge is 2.12. The van der Waals surface area contributed by atoms with Crippen LogP contribution in [0.4, 0.5) is 5.69 Å². The van der Waals surface area contributed by atoms with E-state index in [1.807, 2.05) is 30.3 Å². The lowest BCUT2D eigenvalue weighted by atomic mass is 10.1. The summed E-state index contributed by atoms with van der Waals surface area (Å²) in [5.41, 5.74) is 3.59. The van der Waals surface area contributed by atoms with Gasteiger partial charge >= 0.3 is 5.97 Å². The van der Waals surface area contributed by atoms with E-state index in [0.717, 1.165) is 16.8 Å². The van der Waals surface area contributed by atoms with E-state index in [4.69, 9.17) is 16.3 Å². The van der Waals surface area contributed by atoms with Crippen LogP contribution in [-0.2, 0) is 9.53 Å². The van der Waals surface area contributed by atoms with Gasteiger partial charge in [-0.2, -0.15) is 5.10 Å². The summed E-state index contributed by atoms with van der Waals surface area (Å²) in [6, 6.07) is 16.0. The standard InChI is InChI=1S/C23H19ClN4O3S/c1-2-31-23(30)16-5-9-18(10-6-16)26-21(29)14-32-22-20-13-19(27-28(20)12-11-25-22)15-3-7-17(24)8-4-15/h3-13H,2,14H2,1H3,(H,26,29). The molecule has 4 rings (SSSR count). The molecule has 0 unspecified atom stereocenters. The van der Waals surface area contributed by atoms with E-state index in [1.54, 1.807) is 48.1 Å². The molecule has 0 fully saturated rings. The Morgan fingerprint density at radius 3 is 2.59 bits per heavy atom. The summed E-state index contributed by atoms with van der Waals surface area (Å²) in [5.74, 6) is -0.396. The van der Waals surface area contributed by atoms with E-state index in [-0.39, 0.29) is 17.6 Å². The number of rotatable bonds is 7. The number of nitrogens with one attached hydrogen (secondary N) is 1. The lowest BCUT2D eigenvalue weighted by molar-refractivity contribution is -0.113. The van der Waals surface area contributed by atoms with Gasteiger partial charge in [-0.3, -0.25) is 4.79 Å². The van der Waals surface area contributed by atoms with Crippen molar-refractivity contribution in [2.24, 2.45) is 0 Å². The number of benzene rings is 2. The van der Waals surface area contributed by atoms with E-state index in [2.05, 4.69) is 15.4 Å². The molecular weight excluding hydrogens is 448 g/mol. The third-order valence-corrected chi connectivity index (χ3v) is 5.76. The molecule has 0 saturated carbocycles. The van der Waals surface area contributed by atoms with E-state index in [9.17, 15) is 9.59 Å². The minimum atomic E-state index is -0.390. The van der Waals surface area contributed by atoms with Crippen LogP contribution in [0, 0.1) is 0 Å². The average Bonchev–Trinajstić information content (AvgIpc) is 3.24. The van der Waals surface area contributed by atoms with Crippen molar-refractivity contribution in [2.45, 2.75) is 11.9 Å². The van der Waals surface area contributed by atoms with Gasteiger partial charge in [0.25, 0.3) is 0 Å². The highest BCUT2D eigenvalue weighted by atomic mass is 35.5. The molecule has 1 amide bonds. The van der Waals surface area contributed by atoms with Gasteiger partial charge in [0.05, 0.1) is 29.1 Å². The smallest absolute Gasteiger partial charge is 0.338 e. The van der Waals surface area contributed by atoms with E-state index in [0.29, 0.717) is 27.9 Å². The average molecular weight is 467 g/mol. The SMILES string of the molecule is CCOC(=O)c1ccc(NC(=O)CSc2nccn3nc(-c4ccc(Cl)cc4)cc23)cc1. The lowest BCUT2D eigenvalue weighted by Gasteiger charge is -2.07. The summed E-state index contributed by atoms with van der Waals surface area (Å²) in [4.78, 5) is 28.5. The molecule has 0 aliphatic heterocycles. The van der Waals surface area contributed by atoms with Crippen LogP contribution in [0.25, 0.3) is 16.8 Å². The number of aromatic nitrogens is 3. The summed E-state index contributed by atoms with van der Waals surface area (Å²) in [6.07, 6.45) is 3.42. The summed E-state index contributed by atoms with van der Waals surface area (Å²) in [6.45, 7) is 2.07. The second kappa shape index (κ2) is 9.84. The molecule has 0 aliphatic rings. The highest BCUT2D eigenvalue weighted by Crippen LogP contribution is 2.27. The van der Waals surface area contributed by atoms with Crippen molar-refractivity contribution in [3.63, 3.8) is 0 Å². The number of carbonyl (C=O) groups is 2. The second-order valence-corrected chi connectivity index (χ2v) is 8.13. The second-order valence-electron chi connectivity index (χ2n) is 6.73. The first-order valence-electron chi connectivity index (χ1n) is 9.83. The first kappa shape index (κ1) is 21.9. The number of hydrogen-bond acceptors (Lipinski definition) is 6. The fourth-order valence-corrected chi connectivity index (χ4v) is 3.91. The maximum atomic E-state index is 12.4. The first-order chi connectivity index (χ1) is 15.5. The monoisotopic (exact) mass is 466 g/mol. The van der Waals surface area contributed by atoms with Crippen molar-refractivity contribution in [3.8, 4) is 11.3 Å². The zero-order chi connectivity index (χ0) is 22.5. The van der Waals surface area contributed by atoms with Crippen molar-refractivity contribution in [1.29, 1.82) is 0 Å². The van der Waals surface area contributed by atoms with Crippen LogP contribution in [-0.4, -0.2) is 38.8 Å². The van der Waals surface area contributed by atoms with Crippen LogP contribution in [0.3, 0.4) is 0 Å². The molecule has 0 spiro atoms. The number of anilines is 1. The van der Waals surface area contributed by atoms with Crippen molar-refractivity contribution < 1.29 is 14.3 Å². The largest absolute Gasteiger partial charge is 0.462 e. The fraction of sp³-hybridized carbons (Fsp3) is 0.130. The number of esters is 1. The van der Waals surface area contributed by atoms with Gasteiger partial charge in [0.15, 0.2) is 0 Å². The molecule has 1 N–H and O–H groups in total. The Morgan fingerprint density at radius 2 is 1.88 bits per heavy atom. The summed E-state index contributed by atoms with van der Waals surface area (Å²) < 4.78 is 6.70. The summed E-state index contributed by atoms with van der Waals surface area (Å²) in [5, 5.41) is 8.77. The molecule has 0 atom stereocenters. The molecule has 0 radical (unpaired) electrons. The predicted octanol–water partition coefficient (Wildman–Crippen LogP) is 4.96. The van der Waals surface area contributed by atoms with E-state index in [1.165, 1.54) is 11.8 Å². The van der Waals surface area contributed by atoms with Crippen molar-refractivity contribution in [3.05, 3.63) is 77.6 Å². The van der Waals surface area contributed by atoms with Crippen molar-refractivity contribution in [2.75, 3.05) is 17.7 Å². The van der Waals surface area contributed by atoms with Crippen LogP contribution in [0.15, 0.2) is 72.0 Å². The fourth-order valence-electron chi connectivity index (χ4n) is 3.01.